The van der Waals surface area contributed by atoms with Crippen molar-refractivity contribution in [3.63, 3.8) is 0 Å². The van der Waals surface area contributed by atoms with Crippen molar-refractivity contribution in [2.45, 2.75) is 25.5 Å². The number of nitro benzene ring substituents is 1. The van der Waals surface area contributed by atoms with E-state index in [1.807, 2.05) is 31.0 Å². The summed E-state index contributed by atoms with van der Waals surface area (Å²) in [4.78, 5) is 12.4. The Morgan fingerprint density at radius 2 is 1.88 bits per heavy atom. The lowest BCUT2D eigenvalue weighted by Gasteiger charge is -2.27. The first kappa shape index (κ1) is 17.9. The van der Waals surface area contributed by atoms with E-state index < -0.39 is 11.0 Å². The molecule has 128 valence electrons. The smallest absolute Gasteiger partial charge is 0.269 e. The summed E-state index contributed by atoms with van der Waals surface area (Å²) in [6, 6.07) is 13.3. The van der Waals surface area contributed by atoms with Gasteiger partial charge in [-0.15, -0.1) is 0 Å². The molecule has 6 nitrogen and oxygen atoms in total. The zero-order chi connectivity index (χ0) is 17.7. The normalized spacial score (nSPS) is 13.7. The highest BCUT2D eigenvalue weighted by atomic mass is 16.6. The molecule has 0 aliphatic rings. The van der Waals surface area contributed by atoms with E-state index in [2.05, 4.69) is 0 Å². The molecule has 0 saturated carbocycles. The van der Waals surface area contributed by atoms with Crippen LogP contribution in [-0.2, 0) is 6.42 Å². The zero-order valence-electron chi connectivity index (χ0n) is 13.8. The van der Waals surface area contributed by atoms with Crippen LogP contribution in [0.3, 0.4) is 0 Å². The Morgan fingerprint density at radius 3 is 2.50 bits per heavy atom. The van der Waals surface area contributed by atoms with Crippen molar-refractivity contribution in [3.8, 4) is 5.75 Å². The molecule has 2 unspecified atom stereocenters. The third kappa shape index (κ3) is 4.78. The lowest BCUT2D eigenvalue weighted by atomic mass is 10.0. The van der Waals surface area contributed by atoms with E-state index >= 15 is 0 Å². The predicted molar refractivity (Wildman–Crippen MR) is 92.0 cm³/mol. The number of non-ortho nitro benzene ring substituents is 1. The number of rotatable bonds is 7. The van der Waals surface area contributed by atoms with Crippen LogP contribution in [0.2, 0.25) is 0 Å². The van der Waals surface area contributed by atoms with Gasteiger partial charge in [-0.05, 0) is 43.7 Å². The highest BCUT2D eigenvalue weighted by Gasteiger charge is 2.17. The number of hydrogen-bond acceptors (Lipinski definition) is 5. The number of aliphatic hydroxyl groups excluding tert-OH is 1. The van der Waals surface area contributed by atoms with Crippen LogP contribution in [0.15, 0.2) is 48.5 Å². The molecule has 0 aromatic heterocycles. The Hall–Kier alpha value is -2.44. The summed E-state index contributed by atoms with van der Waals surface area (Å²) in [5.74, 6) is 0.237. The van der Waals surface area contributed by atoms with E-state index in [0.717, 1.165) is 12.0 Å². The van der Waals surface area contributed by atoms with Crippen molar-refractivity contribution < 1.29 is 15.1 Å². The molecule has 0 aliphatic carbocycles. The Bertz CT molecular complexity index is 688. The van der Waals surface area contributed by atoms with Crippen LogP contribution in [0, 0.1) is 10.1 Å². The molecule has 2 rings (SSSR count). The lowest BCUT2D eigenvalue weighted by Crippen LogP contribution is -2.34. The van der Waals surface area contributed by atoms with Gasteiger partial charge >= 0.3 is 0 Å². The van der Waals surface area contributed by atoms with Crippen LogP contribution < -0.4 is 0 Å². The van der Waals surface area contributed by atoms with Crippen molar-refractivity contribution in [3.05, 3.63) is 69.8 Å². The second kappa shape index (κ2) is 7.90. The first-order valence-electron chi connectivity index (χ1n) is 7.77. The summed E-state index contributed by atoms with van der Waals surface area (Å²) < 4.78 is 0. The molecule has 2 N–H and O–H groups in total. The molecule has 24 heavy (non-hydrogen) atoms. The minimum absolute atomic E-state index is 0.0219. The van der Waals surface area contributed by atoms with Gasteiger partial charge in [0.15, 0.2) is 0 Å². The van der Waals surface area contributed by atoms with Crippen LogP contribution in [-0.4, -0.2) is 39.7 Å². The van der Waals surface area contributed by atoms with Gasteiger partial charge in [-0.3, -0.25) is 10.1 Å². The van der Waals surface area contributed by atoms with Crippen molar-refractivity contribution in [2.75, 3.05) is 13.6 Å². The molecule has 0 spiro atoms. The second-order valence-electron chi connectivity index (χ2n) is 6.03. The van der Waals surface area contributed by atoms with E-state index in [9.17, 15) is 20.3 Å². The SMILES string of the molecule is CC(Cc1ccc(O)cc1)N(C)CC(O)c1cccc([N+](=O)[O-])c1. The number of aliphatic hydroxyl groups is 1. The Labute approximate surface area is 141 Å². The van der Waals surface area contributed by atoms with E-state index in [0.29, 0.717) is 12.1 Å². The summed E-state index contributed by atoms with van der Waals surface area (Å²) in [6.45, 7) is 2.42. The molecule has 0 bridgehead atoms. The molecule has 0 saturated heterocycles. The van der Waals surface area contributed by atoms with Gasteiger partial charge in [0, 0.05) is 24.7 Å². The van der Waals surface area contributed by atoms with E-state index in [-0.39, 0.29) is 17.5 Å². The molecular formula is C18H22N2O4. The van der Waals surface area contributed by atoms with Gasteiger partial charge < -0.3 is 15.1 Å². The van der Waals surface area contributed by atoms with Crippen molar-refractivity contribution in [2.24, 2.45) is 0 Å². The first-order chi connectivity index (χ1) is 11.4. The highest BCUT2D eigenvalue weighted by molar-refractivity contribution is 5.35. The zero-order valence-corrected chi connectivity index (χ0v) is 13.8. The average molecular weight is 330 g/mol. The Morgan fingerprint density at radius 1 is 1.21 bits per heavy atom. The maximum absolute atomic E-state index is 10.8. The largest absolute Gasteiger partial charge is 0.508 e. The molecule has 2 aromatic rings. The third-order valence-corrected chi connectivity index (χ3v) is 4.15. The first-order valence-corrected chi connectivity index (χ1v) is 7.77. The van der Waals surface area contributed by atoms with Crippen LogP contribution in [0.5, 0.6) is 5.75 Å². The van der Waals surface area contributed by atoms with Crippen LogP contribution in [0.25, 0.3) is 0 Å². The molecule has 0 radical (unpaired) electrons. The van der Waals surface area contributed by atoms with Gasteiger partial charge in [0.25, 0.3) is 5.69 Å². The molecule has 2 aromatic carbocycles. The summed E-state index contributed by atoms with van der Waals surface area (Å²) in [7, 11) is 1.91. The van der Waals surface area contributed by atoms with Crippen molar-refractivity contribution in [1.82, 2.24) is 4.90 Å². The monoisotopic (exact) mass is 330 g/mol. The minimum atomic E-state index is -0.794. The number of nitro groups is 1. The number of hydrogen-bond donors (Lipinski definition) is 2. The summed E-state index contributed by atoms with van der Waals surface area (Å²) in [5, 5.41) is 30.5. The van der Waals surface area contributed by atoms with Crippen molar-refractivity contribution >= 4 is 5.69 Å². The second-order valence-corrected chi connectivity index (χ2v) is 6.03. The minimum Gasteiger partial charge on any atom is -0.508 e. The van der Waals surface area contributed by atoms with E-state index in [1.54, 1.807) is 24.3 Å². The van der Waals surface area contributed by atoms with Crippen LogP contribution >= 0.6 is 0 Å². The maximum atomic E-state index is 10.8. The number of aromatic hydroxyl groups is 1. The van der Waals surface area contributed by atoms with Gasteiger partial charge in [-0.1, -0.05) is 24.3 Å². The fraction of sp³-hybridized carbons (Fsp3) is 0.333. The Kier molecular flexibility index (Phi) is 5.89. The summed E-state index contributed by atoms with van der Waals surface area (Å²) in [5.41, 5.74) is 1.61. The number of phenols is 1. The van der Waals surface area contributed by atoms with Crippen molar-refractivity contribution in [1.29, 1.82) is 0 Å². The quantitative estimate of drug-likeness (QED) is 0.602. The van der Waals surface area contributed by atoms with Crippen LogP contribution in [0.1, 0.15) is 24.2 Å². The van der Waals surface area contributed by atoms with Crippen LogP contribution in [0.4, 0.5) is 5.69 Å². The molecule has 0 heterocycles. The van der Waals surface area contributed by atoms with Gasteiger partial charge in [0.05, 0.1) is 11.0 Å². The molecule has 0 fully saturated rings. The molecular weight excluding hydrogens is 308 g/mol. The van der Waals surface area contributed by atoms with Gasteiger partial charge in [0.1, 0.15) is 5.75 Å². The molecule has 0 amide bonds. The topological polar surface area (TPSA) is 86.8 Å². The highest BCUT2D eigenvalue weighted by Crippen LogP contribution is 2.21. The number of phenolic OH excluding ortho intramolecular Hbond substituents is 1. The average Bonchev–Trinajstić information content (AvgIpc) is 2.56. The standard InChI is InChI=1S/C18H22N2O4/c1-13(10-14-6-8-17(21)9-7-14)19(2)12-18(22)15-4-3-5-16(11-15)20(23)24/h3-9,11,13,18,21-22H,10,12H2,1-2H3. The Balaban J connectivity index is 1.97. The van der Waals surface area contributed by atoms with E-state index in [1.165, 1.54) is 12.1 Å². The molecule has 6 heteroatoms. The van der Waals surface area contributed by atoms with E-state index in [4.69, 9.17) is 0 Å². The fourth-order valence-electron chi connectivity index (χ4n) is 2.53. The number of likely N-dealkylation sites (N-methyl/N-ethyl adjacent to an activating group) is 1. The van der Waals surface area contributed by atoms with Gasteiger partial charge in [0.2, 0.25) is 0 Å². The fourth-order valence-corrected chi connectivity index (χ4v) is 2.53. The molecule has 2 atom stereocenters. The van der Waals surface area contributed by atoms with Gasteiger partial charge in [-0.2, -0.15) is 0 Å². The summed E-state index contributed by atoms with van der Waals surface area (Å²) in [6.07, 6.45) is -0.0181. The molecule has 0 aliphatic heterocycles. The predicted octanol–water partition coefficient (Wildman–Crippen LogP) is 2.90. The number of benzene rings is 2. The van der Waals surface area contributed by atoms with Gasteiger partial charge in [-0.25, -0.2) is 0 Å². The maximum Gasteiger partial charge on any atom is 0.269 e. The third-order valence-electron chi connectivity index (χ3n) is 4.15. The lowest BCUT2D eigenvalue weighted by molar-refractivity contribution is -0.385. The number of nitrogens with zero attached hydrogens (tertiary/aromatic N) is 2. The summed E-state index contributed by atoms with van der Waals surface area (Å²) >= 11 is 0.